The number of ether oxygens (including phenoxy) is 1. The zero-order valence-electron chi connectivity index (χ0n) is 12.7. The van der Waals surface area contributed by atoms with Crippen LogP contribution < -0.4 is 10.0 Å². The summed E-state index contributed by atoms with van der Waals surface area (Å²) in [4.78, 5) is 34.2. The first-order valence-electron chi connectivity index (χ1n) is 6.69. The van der Waals surface area contributed by atoms with Crippen LogP contribution in [0.25, 0.3) is 0 Å². The molecule has 2 rings (SSSR count). The standard InChI is InChI=1S/C13H12ClN5O5S/c1-8(14)24-11(20)9-4-2-3-5-10(9)25(22,23)19-13(21)18-12-16-6-15-7-17-12/h2-8H,1H3,(H2,15,16,17,18,19,21). The summed E-state index contributed by atoms with van der Waals surface area (Å²) in [7, 11) is -4.37. The number of rotatable bonds is 5. The quantitative estimate of drug-likeness (QED) is 0.576. The van der Waals surface area contributed by atoms with Crippen molar-refractivity contribution in [3.8, 4) is 0 Å². The van der Waals surface area contributed by atoms with E-state index >= 15 is 0 Å². The van der Waals surface area contributed by atoms with Crippen molar-refractivity contribution < 1.29 is 22.7 Å². The molecule has 0 saturated carbocycles. The maximum absolute atomic E-state index is 12.4. The van der Waals surface area contributed by atoms with E-state index in [2.05, 4.69) is 20.3 Å². The van der Waals surface area contributed by atoms with Crippen molar-refractivity contribution in [3.63, 3.8) is 0 Å². The summed E-state index contributed by atoms with van der Waals surface area (Å²) in [6, 6.07) is 4.10. The lowest BCUT2D eigenvalue weighted by Gasteiger charge is -2.12. The average Bonchev–Trinajstić information content (AvgIpc) is 2.54. The topological polar surface area (TPSA) is 140 Å². The fourth-order valence-corrected chi connectivity index (χ4v) is 2.87. The van der Waals surface area contributed by atoms with Crippen LogP contribution in [0.15, 0.2) is 41.8 Å². The normalized spacial score (nSPS) is 12.1. The van der Waals surface area contributed by atoms with Crippen LogP contribution >= 0.6 is 11.6 Å². The number of carbonyl (C=O) groups excluding carboxylic acids is 2. The van der Waals surface area contributed by atoms with Crippen LogP contribution in [-0.2, 0) is 14.8 Å². The van der Waals surface area contributed by atoms with Crippen molar-refractivity contribution in [3.05, 3.63) is 42.5 Å². The number of esters is 1. The largest absolute Gasteiger partial charge is 0.443 e. The Bertz CT molecular complexity index is 875. The van der Waals surface area contributed by atoms with Crippen LogP contribution in [0.4, 0.5) is 10.7 Å². The molecule has 0 spiro atoms. The second-order valence-electron chi connectivity index (χ2n) is 4.47. The molecule has 1 atom stereocenters. The zero-order valence-corrected chi connectivity index (χ0v) is 14.3. The number of nitrogens with one attached hydrogen (secondary N) is 2. The Balaban J connectivity index is 2.22. The molecule has 0 aliphatic carbocycles. The smallest absolute Gasteiger partial charge is 0.341 e. The number of hydrogen-bond donors (Lipinski definition) is 2. The van der Waals surface area contributed by atoms with Gasteiger partial charge in [-0.3, -0.25) is 5.32 Å². The van der Waals surface area contributed by atoms with Crippen molar-refractivity contribution >= 4 is 39.6 Å². The third-order valence-corrected chi connectivity index (χ3v) is 4.09. The fraction of sp³-hybridized carbons (Fsp3) is 0.154. The highest BCUT2D eigenvalue weighted by atomic mass is 35.5. The van der Waals surface area contributed by atoms with Gasteiger partial charge in [-0.2, -0.15) is 0 Å². The number of urea groups is 1. The third-order valence-electron chi connectivity index (χ3n) is 2.61. The van der Waals surface area contributed by atoms with Crippen molar-refractivity contribution in [2.75, 3.05) is 5.32 Å². The van der Waals surface area contributed by atoms with E-state index in [0.717, 1.165) is 18.7 Å². The maximum atomic E-state index is 12.4. The van der Waals surface area contributed by atoms with Crippen molar-refractivity contribution in [2.24, 2.45) is 0 Å². The monoisotopic (exact) mass is 385 g/mol. The van der Waals surface area contributed by atoms with Gasteiger partial charge in [-0.1, -0.05) is 23.7 Å². The van der Waals surface area contributed by atoms with Gasteiger partial charge in [-0.25, -0.2) is 37.7 Å². The molecular weight excluding hydrogens is 374 g/mol. The molecule has 0 bridgehead atoms. The van der Waals surface area contributed by atoms with Gasteiger partial charge in [0.1, 0.15) is 17.6 Å². The Morgan fingerprint density at radius 1 is 1.20 bits per heavy atom. The van der Waals surface area contributed by atoms with E-state index in [1.165, 1.54) is 25.1 Å². The molecule has 25 heavy (non-hydrogen) atoms. The lowest BCUT2D eigenvalue weighted by atomic mass is 10.2. The molecule has 1 heterocycles. The Kier molecular flexibility index (Phi) is 5.83. The van der Waals surface area contributed by atoms with Gasteiger partial charge < -0.3 is 4.74 Å². The van der Waals surface area contributed by atoms with E-state index in [1.54, 1.807) is 4.72 Å². The lowest BCUT2D eigenvalue weighted by Crippen LogP contribution is -2.35. The number of benzene rings is 1. The first-order valence-corrected chi connectivity index (χ1v) is 8.61. The molecule has 2 N–H and O–H groups in total. The molecule has 1 unspecified atom stereocenters. The minimum atomic E-state index is -4.37. The zero-order chi connectivity index (χ0) is 18.4. The number of anilines is 1. The summed E-state index contributed by atoms with van der Waals surface area (Å²) < 4.78 is 31.3. The summed E-state index contributed by atoms with van der Waals surface area (Å²) in [6.07, 6.45) is 2.24. The fourth-order valence-electron chi connectivity index (χ4n) is 1.69. The highest BCUT2D eigenvalue weighted by molar-refractivity contribution is 7.90. The SMILES string of the molecule is CC(Cl)OC(=O)c1ccccc1S(=O)(=O)NC(=O)Nc1ncncn1. The molecule has 2 aromatic rings. The molecule has 0 saturated heterocycles. The predicted molar refractivity (Wildman–Crippen MR) is 86.3 cm³/mol. The van der Waals surface area contributed by atoms with Crippen molar-refractivity contribution in [2.45, 2.75) is 17.4 Å². The number of aromatic nitrogens is 3. The van der Waals surface area contributed by atoms with Gasteiger partial charge >= 0.3 is 12.0 Å². The number of nitrogens with zero attached hydrogens (tertiary/aromatic N) is 3. The van der Waals surface area contributed by atoms with Crippen LogP contribution in [-0.4, -0.2) is 40.9 Å². The average molecular weight is 386 g/mol. The molecular formula is C13H12ClN5O5S. The summed E-state index contributed by atoms with van der Waals surface area (Å²) in [5.74, 6) is -1.09. The van der Waals surface area contributed by atoms with Crippen LogP contribution in [0.3, 0.4) is 0 Å². The van der Waals surface area contributed by atoms with Gasteiger partial charge in [0.2, 0.25) is 5.95 Å². The third kappa shape index (κ3) is 5.09. The van der Waals surface area contributed by atoms with Crippen LogP contribution in [0.5, 0.6) is 0 Å². The van der Waals surface area contributed by atoms with Gasteiger partial charge in [-0.15, -0.1) is 0 Å². The Morgan fingerprint density at radius 2 is 1.84 bits per heavy atom. The first-order chi connectivity index (χ1) is 11.8. The second-order valence-corrected chi connectivity index (χ2v) is 6.73. The number of hydrogen-bond acceptors (Lipinski definition) is 8. The molecule has 0 fully saturated rings. The van der Waals surface area contributed by atoms with Gasteiger partial charge in [0.15, 0.2) is 5.56 Å². The Labute approximate surface area is 147 Å². The summed E-state index contributed by atoms with van der Waals surface area (Å²) in [6.45, 7) is 1.40. The molecule has 0 radical (unpaired) electrons. The summed E-state index contributed by atoms with van der Waals surface area (Å²) in [5.41, 5.74) is -1.22. The van der Waals surface area contributed by atoms with Crippen LogP contribution in [0, 0.1) is 0 Å². The first kappa shape index (κ1) is 18.5. The van der Waals surface area contributed by atoms with E-state index in [0.29, 0.717) is 0 Å². The second kappa shape index (κ2) is 7.85. The summed E-state index contributed by atoms with van der Waals surface area (Å²) >= 11 is 5.57. The van der Waals surface area contributed by atoms with Gasteiger partial charge in [0.25, 0.3) is 10.0 Å². The number of alkyl halides is 1. The molecule has 1 aromatic carbocycles. The Hall–Kier alpha value is -2.79. The highest BCUT2D eigenvalue weighted by Gasteiger charge is 2.25. The van der Waals surface area contributed by atoms with Gasteiger partial charge in [0.05, 0.1) is 5.56 Å². The van der Waals surface area contributed by atoms with E-state index in [-0.39, 0.29) is 11.5 Å². The molecule has 10 nitrogen and oxygen atoms in total. The predicted octanol–water partition coefficient (Wildman–Crippen LogP) is 1.12. The molecule has 132 valence electrons. The van der Waals surface area contributed by atoms with E-state index in [4.69, 9.17) is 16.3 Å². The van der Waals surface area contributed by atoms with Crippen LogP contribution in [0.1, 0.15) is 17.3 Å². The number of amides is 2. The minimum Gasteiger partial charge on any atom is -0.443 e. The van der Waals surface area contributed by atoms with Gasteiger partial charge in [0, 0.05) is 0 Å². The molecule has 0 aliphatic rings. The molecule has 2 amide bonds. The van der Waals surface area contributed by atoms with Gasteiger partial charge in [-0.05, 0) is 19.1 Å². The maximum Gasteiger partial charge on any atom is 0.341 e. The Morgan fingerprint density at radius 3 is 2.48 bits per heavy atom. The van der Waals surface area contributed by atoms with Crippen molar-refractivity contribution in [1.29, 1.82) is 0 Å². The number of halogens is 1. The van der Waals surface area contributed by atoms with Crippen LogP contribution in [0.2, 0.25) is 0 Å². The number of sulfonamides is 1. The van der Waals surface area contributed by atoms with E-state index < -0.39 is 32.5 Å². The molecule has 12 heteroatoms. The van der Waals surface area contributed by atoms with Crippen molar-refractivity contribution in [1.82, 2.24) is 19.7 Å². The lowest BCUT2D eigenvalue weighted by molar-refractivity contribution is 0.0467. The van der Waals surface area contributed by atoms with E-state index in [9.17, 15) is 18.0 Å². The highest BCUT2D eigenvalue weighted by Crippen LogP contribution is 2.17. The summed E-state index contributed by atoms with van der Waals surface area (Å²) in [5, 5.41) is 2.12. The molecule has 0 aliphatic heterocycles. The minimum absolute atomic E-state index is 0.147. The van der Waals surface area contributed by atoms with E-state index in [1.807, 2.05) is 0 Å². The molecule has 1 aromatic heterocycles. The number of carbonyl (C=O) groups is 2.